The molecule has 3 heterocycles. The van der Waals surface area contributed by atoms with Crippen molar-refractivity contribution in [1.29, 1.82) is 0 Å². The third-order valence-electron chi connectivity index (χ3n) is 8.52. The summed E-state index contributed by atoms with van der Waals surface area (Å²) in [5.74, 6) is -0.866. The van der Waals surface area contributed by atoms with Gasteiger partial charge in [0.25, 0.3) is 11.8 Å². The average molecular weight is 591 g/mol. The average Bonchev–Trinajstić information content (AvgIpc) is 3.25. The van der Waals surface area contributed by atoms with Gasteiger partial charge in [0.1, 0.15) is 5.82 Å². The minimum Gasteiger partial charge on any atom is -0.380 e. The molecule has 2 aromatic rings. The van der Waals surface area contributed by atoms with E-state index in [-0.39, 0.29) is 42.3 Å². The largest absolute Gasteiger partial charge is 0.380 e. The maximum Gasteiger partial charge on any atom is 0.258 e. The topological polar surface area (TPSA) is 76.1 Å². The molecule has 5 rings (SSSR count). The molecule has 218 valence electrons. The predicted molar refractivity (Wildman–Crippen MR) is 161 cm³/mol. The van der Waals surface area contributed by atoms with Gasteiger partial charge in [0.2, 0.25) is 0 Å². The molecule has 0 aliphatic carbocycles. The van der Waals surface area contributed by atoms with Gasteiger partial charge >= 0.3 is 0 Å². The molecule has 40 heavy (non-hydrogen) atoms. The number of carbonyl (C=O) groups is 2. The summed E-state index contributed by atoms with van der Waals surface area (Å²) >= 11 is 6.52. The van der Waals surface area contributed by atoms with Crippen LogP contribution in [0.15, 0.2) is 42.5 Å². The second-order valence-electron chi connectivity index (χ2n) is 12.2. The van der Waals surface area contributed by atoms with Crippen LogP contribution in [0.4, 0.5) is 10.1 Å². The molecule has 2 aromatic carbocycles. The number of nitrogens with one attached hydrogen (secondary N) is 1. The third kappa shape index (κ3) is 6.43. The summed E-state index contributed by atoms with van der Waals surface area (Å²) in [6, 6.07) is 11.8. The highest BCUT2D eigenvalue weighted by Crippen LogP contribution is 2.32. The van der Waals surface area contributed by atoms with Gasteiger partial charge in [-0.1, -0.05) is 37.6 Å². The third-order valence-corrected chi connectivity index (χ3v) is 8.83. The van der Waals surface area contributed by atoms with Gasteiger partial charge in [0.05, 0.1) is 16.6 Å². The number of anilines is 1. The number of nitrogens with zero attached hydrogens (tertiary/aromatic N) is 3. The number of carbonyl (C=O) groups excluding carboxylic acids is 2. The van der Waals surface area contributed by atoms with E-state index in [2.05, 4.69) is 24.1 Å². The number of aliphatic hydroxyl groups is 1. The summed E-state index contributed by atoms with van der Waals surface area (Å²) in [5.41, 5.74) is 0.112. The molecule has 3 aliphatic heterocycles. The van der Waals surface area contributed by atoms with Crippen molar-refractivity contribution in [1.82, 2.24) is 14.7 Å². The predicted octanol–water partition coefficient (Wildman–Crippen LogP) is 4.46. The van der Waals surface area contributed by atoms with Gasteiger partial charge in [-0.15, -0.1) is 0 Å². The number of halogens is 2. The summed E-state index contributed by atoms with van der Waals surface area (Å²) in [6.07, 6.45) is 2.65. The van der Waals surface area contributed by atoms with Gasteiger partial charge < -0.3 is 20.2 Å². The van der Waals surface area contributed by atoms with Crippen LogP contribution >= 0.6 is 25.1 Å². The van der Waals surface area contributed by atoms with Gasteiger partial charge in [-0.25, -0.2) is 4.39 Å². The molecule has 3 aliphatic rings. The first-order valence-electron chi connectivity index (χ1n) is 13.8. The molecular formula is C30H40ClFN4O3S. The number of likely N-dealkylation sites (tertiary alicyclic amines) is 3. The number of benzene rings is 2. The maximum atomic E-state index is 13.6. The van der Waals surface area contributed by atoms with E-state index in [0.29, 0.717) is 29.7 Å². The molecule has 0 radical (unpaired) electrons. The highest BCUT2D eigenvalue weighted by atomic mass is 35.5. The molecule has 0 unspecified atom stereocenters. The Morgan fingerprint density at radius 2 is 1.77 bits per heavy atom. The zero-order valence-electron chi connectivity index (χ0n) is 23.4. The summed E-state index contributed by atoms with van der Waals surface area (Å²) in [5, 5.41) is 14.9. The van der Waals surface area contributed by atoms with Crippen molar-refractivity contribution < 1.29 is 19.1 Å². The van der Waals surface area contributed by atoms with Crippen molar-refractivity contribution >= 4 is 42.6 Å². The van der Waals surface area contributed by atoms with Crippen molar-refractivity contribution in [3.05, 3.63) is 64.4 Å². The lowest BCUT2D eigenvalue weighted by molar-refractivity contribution is -0.152. The highest BCUT2D eigenvalue weighted by molar-refractivity contribution is 7.59. The fourth-order valence-corrected chi connectivity index (χ4v) is 6.29. The number of amides is 2. The van der Waals surface area contributed by atoms with E-state index in [1.165, 1.54) is 25.1 Å². The minimum atomic E-state index is -1.76. The Labute approximate surface area is 248 Å². The van der Waals surface area contributed by atoms with Crippen LogP contribution in [0.2, 0.25) is 5.02 Å². The van der Waals surface area contributed by atoms with Crippen LogP contribution in [-0.4, -0.2) is 83.0 Å². The fraction of sp³-hybridized carbons (Fsp3) is 0.533. The number of piperidine rings is 1. The first-order valence-corrected chi connectivity index (χ1v) is 14.2. The van der Waals surface area contributed by atoms with Gasteiger partial charge in [0, 0.05) is 51.0 Å². The van der Waals surface area contributed by atoms with Crippen LogP contribution in [0.25, 0.3) is 0 Å². The van der Waals surface area contributed by atoms with Gasteiger partial charge in [0.15, 0.2) is 5.60 Å². The van der Waals surface area contributed by atoms with Crippen LogP contribution in [0.1, 0.15) is 56.0 Å². The van der Waals surface area contributed by atoms with E-state index in [0.717, 1.165) is 51.1 Å². The zero-order valence-corrected chi connectivity index (χ0v) is 25.2. The van der Waals surface area contributed by atoms with Crippen molar-refractivity contribution in [3.63, 3.8) is 0 Å². The molecule has 7 nitrogen and oxygen atoms in total. The Kier molecular flexibility index (Phi) is 9.10. The first kappa shape index (κ1) is 30.6. The lowest BCUT2D eigenvalue weighted by Crippen LogP contribution is -2.61. The fourth-order valence-electron chi connectivity index (χ4n) is 6.03. The molecule has 3 fully saturated rings. The van der Waals surface area contributed by atoms with E-state index in [1.54, 1.807) is 11.0 Å². The van der Waals surface area contributed by atoms with Gasteiger partial charge in [-0.3, -0.25) is 14.5 Å². The van der Waals surface area contributed by atoms with Crippen LogP contribution in [0.3, 0.4) is 0 Å². The first-order chi connectivity index (χ1) is 18.4. The Balaban J connectivity index is 0.00000370. The molecule has 2 N–H and O–H groups in total. The number of hydrogen-bond donors (Lipinski definition) is 2. The molecule has 3 saturated heterocycles. The van der Waals surface area contributed by atoms with Crippen LogP contribution in [0, 0.1) is 11.2 Å². The summed E-state index contributed by atoms with van der Waals surface area (Å²) in [6.45, 7) is 10.2. The van der Waals surface area contributed by atoms with Crippen LogP contribution < -0.4 is 5.32 Å². The van der Waals surface area contributed by atoms with Crippen LogP contribution in [-0.2, 0) is 10.4 Å². The quantitative estimate of drug-likeness (QED) is 0.520. The van der Waals surface area contributed by atoms with Crippen molar-refractivity contribution in [2.24, 2.45) is 5.41 Å². The Bertz CT molecular complexity index is 1250. The standard InChI is InChI=1S/C30H38ClFN4O3.H2S/c1-29(2)11-14-35(19-29)27(37)25-8-7-22(16-26(25)31)33-23-17-36(18-23)24-9-12-34(13-10-24)28(38)30(3,39)20-5-4-6-21(32)15-20;/h4-8,15-16,23-24,33,39H,9-14,17-19H2,1-3H3;1H2/t30-;/m0./s1. The molecule has 1 atom stereocenters. The summed E-state index contributed by atoms with van der Waals surface area (Å²) < 4.78 is 13.6. The molecule has 0 bridgehead atoms. The van der Waals surface area contributed by atoms with E-state index in [4.69, 9.17) is 11.6 Å². The van der Waals surface area contributed by atoms with E-state index in [1.807, 2.05) is 23.1 Å². The van der Waals surface area contributed by atoms with Gasteiger partial charge in [-0.2, -0.15) is 13.5 Å². The molecule has 10 heteroatoms. The SMILES string of the molecule is CC1(C)CCN(C(=O)c2ccc(NC3CN(C4CCN(C(=O)[C@@](C)(O)c5cccc(F)c5)CC4)C3)cc2Cl)C1.S. The Morgan fingerprint density at radius 1 is 1.07 bits per heavy atom. The monoisotopic (exact) mass is 590 g/mol. The molecule has 0 spiro atoms. The van der Waals surface area contributed by atoms with E-state index < -0.39 is 11.4 Å². The minimum absolute atomic E-state index is 0. The Morgan fingerprint density at radius 3 is 2.38 bits per heavy atom. The normalized spacial score (nSPS) is 21.4. The van der Waals surface area contributed by atoms with Crippen molar-refractivity contribution in [2.45, 2.75) is 57.7 Å². The maximum absolute atomic E-state index is 13.6. The molecular weight excluding hydrogens is 551 g/mol. The Hall–Kier alpha value is -2.33. The molecule has 0 aromatic heterocycles. The highest BCUT2D eigenvalue weighted by Gasteiger charge is 2.40. The van der Waals surface area contributed by atoms with Gasteiger partial charge in [-0.05, 0) is 67.5 Å². The second-order valence-corrected chi connectivity index (χ2v) is 12.6. The molecule has 0 saturated carbocycles. The summed E-state index contributed by atoms with van der Waals surface area (Å²) in [7, 11) is 0. The van der Waals surface area contributed by atoms with E-state index >= 15 is 0 Å². The van der Waals surface area contributed by atoms with E-state index in [9.17, 15) is 19.1 Å². The lowest BCUT2D eigenvalue weighted by Gasteiger charge is -2.48. The number of rotatable bonds is 6. The summed E-state index contributed by atoms with van der Waals surface area (Å²) in [4.78, 5) is 32.0. The van der Waals surface area contributed by atoms with Crippen LogP contribution in [0.5, 0.6) is 0 Å². The number of hydrogen-bond acceptors (Lipinski definition) is 5. The zero-order chi connectivity index (χ0) is 27.9. The molecule has 2 amide bonds. The smallest absolute Gasteiger partial charge is 0.258 e. The lowest BCUT2D eigenvalue weighted by atomic mass is 9.92. The second kappa shape index (κ2) is 11.9. The van der Waals surface area contributed by atoms with Crippen molar-refractivity contribution in [3.8, 4) is 0 Å². The van der Waals surface area contributed by atoms with Crippen molar-refractivity contribution in [2.75, 3.05) is 44.6 Å².